The fraction of sp³-hybridized carbons (Fsp3) is 0.548. The van der Waals surface area contributed by atoms with E-state index in [1.165, 1.54) is 0 Å². The van der Waals surface area contributed by atoms with Crippen molar-refractivity contribution in [1.82, 2.24) is 14.3 Å². The standard InChI is InChI=1S/C31H45N3O4Si/c1-9-26-27-24-16-13-15-22-23(17-14-20-38-39(7,8)31(3,4)5)29(30(35)37-10-2)34(28(22)24)18-11-12-19-36-21-25(27)32-33(26)6/h11-13,15-16H,9-10,14,17-21H2,1-8H3/b12-11-. The molecule has 1 aromatic carbocycles. The Balaban J connectivity index is 1.88. The lowest BCUT2D eigenvalue weighted by Crippen LogP contribution is -2.41. The molecule has 0 amide bonds. The maximum absolute atomic E-state index is 13.5. The first-order chi connectivity index (χ1) is 18.5. The quantitative estimate of drug-likeness (QED) is 0.133. The summed E-state index contributed by atoms with van der Waals surface area (Å²) in [6.45, 7) is 17.9. The van der Waals surface area contributed by atoms with Crippen molar-refractivity contribution in [3.05, 3.63) is 53.0 Å². The Hall–Kier alpha value is -2.68. The summed E-state index contributed by atoms with van der Waals surface area (Å²) in [6.07, 6.45) is 6.52. The van der Waals surface area contributed by atoms with Gasteiger partial charge in [0, 0.05) is 42.4 Å². The summed E-state index contributed by atoms with van der Waals surface area (Å²) in [4.78, 5) is 13.5. The molecule has 7 nitrogen and oxygen atoms in total. The Labute approximate surface area is 234 Å². The number of hydrogen-bond acceptors (Lipinski definition) is 5. The summed E-state index contributed by atoms with van der Waals surface area (Å²) in [5.74, 6) is -0.276. The van der Waals surface area contributed by atoms with Crippen LogP contribution in [-0.4, -0.2) is 48.5 Å². The Morgan fingerprint density at radius 3 is 2.64 bits per heavy atom. The van der Waals surface area contributed by atoms with Crippen LogP contribution in [0.2, 0.25) is 18.1 Å². The van der Waals surface area contributed by atoms with E-state index < -0.39 is 8.32 Å². The molecule has 2 aromatic heterocycles. The molecule has 0 saturated carbocycles. The van der Waals surface area contributed by atoms with E-state index >= 15 is 0 Å². The Bertz CT molecular complexity index is 1360. The van der Waals surface area contributed by atoms with Crippen LogP contribution in [0.4, 0.5) is 0 Å². The average molecular weight is 552 g/mol. The van der Waals surface area contributed by atoms with Gasteiger partial charge in [0.2, 0.25) is 0 Å². The Kier molecular flexibility index (Phi) is 8.88. The number of carbonyl (C=O) groups is 1. The molecule has 0 fully saturated rings. The zero-order chi connectivity index (χ0) is 28.4. The number of allylic oxidation sites excluding steroid dienone is 1. The van der Waals surface area contributed by atoms with Crippen LogP contribution in [0.1, 0.15) is 68.5 Å². The number of aryl methyl sites for hydroxylation is 2. The third-order valence-corrected chi connectivity index (χ3v) is 12.8. The second-order valence-electron chi connectivity index (χ2n) is 11.8. The number of benzene rings is 1. The van der Waals surface area contributed by atoms with Gasteiger partial charge in [-0.25, -0.2) is 4.79 Å². The molecule has 0 aliphatic carbocycles. The highest BCUT2D eigenvalue weighted by Crippen LogP contribution is 2.40. The van der Waals surface area contributed by atoms with Gasteiger partial charge in [0.05, 0.1) is 31.0 Å². The number of ether oxygens (including phenoxy) is 2. The van der Waals surface area contributed by atoms with Crippen molar-refractivity contribution in [2.75, 3.05) is 19.8 Å². The molecule has 0 N–H and O–H groups in total. The van der Waals surface area contributed by atoms with Crippen LogP contribution in [0.3, 0.4) is 0 Å². The molecule has 39 heavy (non-hydrogen) atoms. The van der Waals surface area contributed by atoms with E-state index in [1.54, 1.807) is 0 Å². The van der Waals surface area contributed by atoms with Crippen molar-refractivity contribution < 1.29 is 18.7 Å². The van der Waals surface area contributed by atoms with Crippen LogP contribution in [-0.2, 0) is 46.9 Å². The molecule has 0 atom stereocenters. The fourth-order valence-electron chi connectivity index (χ4n) is 5.25. The van der Waals surface area contributed by atoms with Crippen molar-refractivity contribution in [2.24, 2.45) is 7.05 Å². The maximum Gasteiger partial charge on any atom is 0.355 e. The molecule has 0 radical (unpaired) electrons. The number of carbonyl (C=O) groups excluding carboxylic acids is 1. The van der Waals surface area contributed by atoms with Crippen molar-refractivity contribution in [3.63, 3.8) is 0 Å². The predicted octanol–water partition coefficient (Wildman–Crippen LogP) is 6.82. The molecule has 1 aliphatic heterocycles. The number of hydrogen-bond donors (Lipinski definition) is 0. The van der Waals surface area contributed by atoms with E-state index in [-0.39, 0.29) is 11.0 Å². The second kappa shape index (κ2) is 11.8. The molecule has 1 aliphatic rings. The molecule has 0 saturated heterocycles. The average Bonchev–Trinajstić information content (AvgIpc) is 3.35. The third kappa shape index (κ3) is 5.79. The summed E-state index contributed by atoms with van der Waals surface area (Å²) in [5.41, 5.74) is 7.00. The van der Waals surface area contributed by atoms with E-state index in [1.807, 2.05) is 24.7 Å². The number of esters is 1. The number of nitrogens with zero attached hydrogens (tertiary/aromatic N) is 3. The largest absolute Gasteiger partial charge is 0.461 e. The second-order valence-corrected chi connectivity index (χ2v) is 16.6. The normalized spacial score (nSPS) is 15.2. The fourth-order valence-corrected chi connectivity index (χ4v) is 6.34. The number of fused-ring (bicyclic) bond motifs is 2. The molecule has 3 aromatic rings. The Morgan fingerprint density at radius 1 is 1.18 bits per heavy atom. The third-order valence-electron chi connectivity index (χ3n) is 8.25. The first kappa shape index (κ1) is 29.3. The summed E-state index contributed by atoms with van der Waals surface area (Å²) < 4.78 is 22.2. The van der Waals surface area contributed by atoms with E-state index in [0.29, 0.717) is 38.7 Å². The molecule has 4 rings (SSSR count). The van der Waals surface area contributed by atoms with Gasteiger partial charge >= 0.3 is 5.97 Å². The highest BCUT2D eigenvalue weighted by molar-refractivity contribution is 6.74. The summed E-state index contributed by atoms with van der Waals surface area (Å²) in [5, 5.41) is 6.09. The highest BCUT2D eigenvalue weighted by atomic mass is 28.4. The van der Waals surface area contributed by atoms with Gasteiger partial charge in [-0.3, -0.25) is 4.68 Å². The number of rotatable bonds is 8. The lowest BCUT2D eigenvalue weighted by atomic mass is 9.97. The van der Waals surface area contributed by atoms with Crippen LogP contribution in [0.25, 0.3) is 22.0 Å². The van der Waals surface area contributed by atoms with Gasteiger partial charge in [-0.1, -0.05) is 58.0 Å². The summed E-state index contributed by atoms with van der Waals surface area (Å²) in [7, 11) is 0.145. The molecule has 8 heteroatoms. The Morgan fingerprint density at radius 2 is 1.95 bits per heavy atom. The zero-order valence-corrected chi connectivity index (χ0v) is 26.0. The minimum atomic E-state index is -1.85. The predicted molar refractivity (Wildman–Crippen MR) is 160 cm³/mol. The van der Waals surface area contributed by atoms with Gasteiger partial charge in [-0.2, -0.15) is 5.10 Å². The van der Waals surface area contributed by atoms with Crippen molar-refractivity contribution in [1.29, 1.82) is 0 Å². The van der Waals surface area contributed by atoms with Crippen molar-refractivity contribution >= 4 is 25.2 Å². The number of para-hydroxylation sites is 1. The van der Waals surface area contributed by atoms with Crippen LogP contribution in [0, 0.1) is 0 Å². The molecule has 0 unspecified atom stereocenters. The molecule has 3 heterocycles. The van der Waals surface area contributed by atoms with Gasteiger partial charge in [0.15, 0.2) is 8.32 Å². The summed E-state index contributed by atoms with van der Waals surface area (Å²) >= 11 is 0. The van der Waals surface area contributed by atoms with Gasteiger partial charge < -0.3 is 18.5 Å². The lowest BCUT2D eigenvalue weighted by Gasteiger charge is -2.36. The molecular formula is C31H45N3O4Si. The maximum atomic E-state index is 13.5. The molecule has 212 valence electrons. The van der Waals surface area contributed by atoms with Crippen LogP contribution in [0.15, 0.2) is 30.4 Å². The van der Waals surface area contributed by atoms with Crippen LogP contribution >= 0.6 is 0 Å². The first-order valence-electron chi connectivity index (χ1n) is 14.2. The SMILES string of the molecule is CCOC(=O)c1c(CCCO[Si](C)(C)C(C)(C)C)c2cccc3c2n1C/C=C\COCc1nn(C)c(CC)c1-3. The lowest BCUT2D eigenvalue weighted by molar-refractivity contribution is 0.0513. The van der Waals surface area contributed by atoms with Gasteiger partial charge in [-0.15, -0.1) is 0 Å². The van der Waals surface area contributed by atoms with Crippen molar-refractivity contribution in [3.8, 4) is 11.1 Å². The number of aromatic nitrogens is 3. The summed E-state index contributed by atoms with van der Waals surface area (Å²) in [6, 6.07) is 6.39. The van der Waals surface area contributed by atoms with Gasteiger partial charge in [-0.05, 0) is 49.9 Å². The van der Waals surface area contributed by atoms with E-state index in [9.17, 15) is 4.79 Å². The zero-order valence-electron chi connectivity index (χ0n) is 25.0. The minimum absolute atomic E-state index is 0.160. The first-order valence-corrected chi connectivity index (χ1v) is 17.2. The van der Waals surface area contributed by atoms with E-state index in [4.69, 9.17) is 19.0 Å². The molecular weight excluding hydrogens is 506 g/mol. The highest BCUT2D eigenvalue weighted by Gasteiger charge is 2.37. The molecule has 0 spiro atoms. The smallest absolute Gasteiger partial charge is 0.355 e. The minimum Gasteiger partial charge on any atom is -0.461 e. The van der Waals surface area contributed by atoms with E-state index in [0.717, 1.165) is 58.2 Å². The topological polar surface area (TPSA) is 67.5 Å². The van der Waals surface area contributed by atoms with Crippen LogP contribution < -0.4 is 0 Å². The molecule has 0 bridgehead atoms. The van der Waals surface area contributed by atoms with E-state index in [2.05, 4.69) is 69.6 Å². The van der Waals surface area contributed by atoms with Crippen molar-refractivity contribution in [2.45, 2.75) is 85.2 Å². The van der Waals surface area contributed by atoms with Gasteiger partial charge in [0.1, 0.15) is 5.69 Å². The van der Waals surface area contributed by atoms with Gasteiger partial charge in [0.25, 0.3) is 0 Å². The monoisotopic (exact) mass is 551 g/mol. The van der Waals surface area contributed by atoms with Crippen LogP contribution in [0.5, 0.6) is 0 Å².